The number of aromatic nitrogens is 3. The number of halogens is 2. The van der Waals surface area contributed by atoms with Crippen LogP contribution in [0.15, 0.2) is 29.0 Å². The van der Waals surface area contributed by atoms with E-state index in [1.54, 1.807) is 10.7 Å². The molecule has 2 rings (SSSR count). The Labute approximate surface area is 111 Å². The van der Waals surface area contributed by atoms with Crippen molar-refractivity contribution in [2.45, 2.75) is 6.54 Å². The van der Waals surface area contributed by atoms with Crippen molar-refractivity contribution in [3.05, 3.63) is 46.2 Å². The van der Waals surface area contributed by atoms with E-state index in [9.17, 15) is 4.39 Å². The van der Waals surface area contributed by atoms with Crippen LogP contribution in [0.4, 0.5) is 4.39 Å². The second-order valence-corrected chi connectivity index (χ2v) is 4.66. The Morgan fingerprint density at radius 3 is 2.88 bits per heavy atom. The van der Waals surface area contributed by atoms with Crippen molar-refractivity contribution >= 4 is 33.1 Å². The van der Waals surface area contributed by atoms with Gasteiger partial charge in [0.15, 0.2) is 0 Å². The zero-order valence-corrected chi connectivity index (χ0v) is 11.0. The van der Waals surface area contributed by atoms with Crippen LogP contribution < -0.4 is 5.73 Å². The minimum atomic E-state index is -0.289. The Bertz CT molecular complexity index is 569. The normalized spacial score (nSPS) is 10.5. The second-order valence-electron chi connectivity index (χ2n) is 3.37. The number of hydrogen-bond acceptors (Lipinski definition) is 3. The molecule has 0 saturated carbocycles. The predicted molar refractivity (Wildman–Crippen MR) is 69.1 cm³/mol. The molecule has 0 aliphatic heterocycles. The molecule has 2 N–H and O–H groups in total. The van der Waals surface area contributed by atoms with Crippen LogP contribution in [0, 0.1) is 5.82 Å². The van der Waals surface area contributed by atoms with Crippen LogP contribution in [0.2, 0.25) is 0 Å². The summed E-state index contributed by atoms with van der Waals surface area (Å²) in [5.74, 6) is 0.0428. The van der Waals surface area contributed by atoms with Crippen LogP contribution in [0.3, 0.4) is 0 Å². The molecular formula is C10H8BrFN4S. The molecule has 0 bridgehead atoms. The number of benzene rings is 1. The first-order valence-corrected chi connectivity index (χ1v) is 5.89. The fourth-order valence-electron chi connectivity index (χ4n) is 1.31. The predicted octanol–water partition coefficient (Wildman–Crippen LogP) is 1.86. The maximum Gasteiger partial charge on any atom is 0.208 e. The van der Waals surface area contributed by atoms with Crippen molar-refractivity contribution in [2.75, 3.05) is 0 Å². The van der Waals surface area contributed by atoms with Gasteiger partial charge in [0.25, 0.3) is 0 Å². The van der Waals surface area contributed by atoms with Gasteiger partial charge in [-0.1, -0.05) is 34.2 Å². The molecule has 0 aliphatic rings. The molecular weight excluding hydrogens is 307 g/mol. The van der Waals surface area contributed by atoms with E-state index < -0.39 is 0 Å². The highest BCUT2D eigenvalue weighted by Crippen LogP contribution is 2.18. The van der Waals surface area contributed by atoms with Crippen molar-refractivity contribution in [3.8, 4) is 0 Å². The van der Waals surface area contributed by atoms with Crippen LogP contribution in [-0.2, 0) is 6.54 Å². The summed E-state index contributed by atoms with van der Waals surface area (Å²) in [6.45, 7) is 0.469. The Morgan fingerprint density at radius 2 is 2.29 bits per heavy atom. The molecule has 1 heterocycles. The van der Waals surface area contributed by atoms with E-state index in [0.717, 1.165) is 5.56 Å². The van der Waals surface area contributed by atoms with E-state index in [-0.39, 0.29) is 10.8 Å². The Balaban J connectivity index is 2.22. The molecule has 2 aromatic rings. The van der Waals surface area contributed by atoms with E-state index in [4.69, 9.17) is 18.0 Å². The zero-order chi connectivity index (χ0) is 12.4. The van der Waals surface area contributed by atoms with Gasteiger partial charge in [0.1, 0.15) is 17.1 Å². The Kier molecular flexibility index (Phi) is 3.49. The van der Waals surface area contributed by atoms with Gasteiger partial charge in [0, 0.05) is 4.47 Å². The molecule has 0 atom stereocenters. The lowest BCUT2D eigenvalue weighted by Gasteiger charge is -2.04. The highest BCUT2D eigenvalue weighted by atomic mass is 79.9. The van der Waals surface area contributed by atoms with Gasteiger partial charge in [-0.05, 0) is 17.7 Å². The zero-order valence-electron chi connectivity index (χ0n) is 8.60. The summed E-state index contributed by atoms with van der Waals surface area (Å²) >= 11 is 8.05. The average Bonchev–Trinajstić information content (AvgIpc) is 2.71. The smallest absolute Gasteiger partial charge is 0.208 e. The molecule has 1 aromatic heterocycles. The number of hydrogen-bond donors (Lipinski definition) is 1. The summed E-state index contributed by atoms with van der Waals surface area (Å²) in [6, 6.07) is 4.48. The van der Waals surface area contributed by atoms with Gasteiger partial charge in [-0.2, -0.15) is 0 Å². The minimum Gasteiger partial charge on any atom is -0.387 e. The monoisotopic (exact) mass is 314 g/mol. The third kappa shape index (κ3) is 2.86. The molecule has 88 valence electrons. The van der Waals surface area contributed by atoms with Crippen molar-refractivity contribution < 1.29 is 4.39 Å². The Morgan fingerprint density at radius 1 is 1.53 bits per heavy atom. The maximum atomic E-state index is 12.9. The number of rotatable bonds is 3. The third-order valence-electron chi connectivity index (χ3n) is 2.10. The molecule has 0 spiro atoms. The van der Waals surface area contributed by atoms with Gasteiger partial charge in [-0.3, -0.25) is 0 Å². The fraction of sp³-hybridized carbons (Fsp3) is 0.100. The van der Waals surface area contributed by atoms with Gasteiger partial charge in [0.05, 0.1) is 6.54 Å². The molecule has 0 radical (unpaired) electrons. The molecule has 0 amide bonds. The number of nitrogens with zero attached hydrogens (tertiary/aromatic N) is 3. The molecule has 7 heteroatoms. The lowest BCUT2D eigenvalue weighted by atomic mass is 10.2. The molecule has 0 saturated heterocycles. The second kappa shape index (κ2) is 4.89. The van der Waals surface area contributed by atoms with Crippen molar-refractivity contribution in [1.29, 1.82) is 0 Å². The van der Waals surface area contributed by atoms with Gasteiger partial charge >= 0.3 is 0 Å². The van der Waals surface area contributed by atoms with Crippen LogP contribution in [0.25, 0.3) is 0 Å². The van der Waals surface area contributed by atoms with Gasteiger partial charge < -0.3 is 5.73 Å². The van der Waals surface area contributed by atoms with E-state index in [1.807, 2.05) is 0 Å². The van der Waals surface area contributed by atoms with Crippen LogP contribution in [0.5, 0.6) is 0 Å². The standard InChI is InChI=1S/C10H8BrFN4S/c11-8-3-7(12)2-1-6(8)4-16-5-14-10(15-16)9(13)17/h1-3,5H,4H2,(H2,13,17). The summed E-state index contributed by atoms with van der Waals surface area (Å²) < 4.78 is 15.2. The highest BCUT2D eigenvalue weighted by Gasteiger charge is 2.06. The SMILES string of the molecule is NC(=S)c1ncn(Cc2ccc(F)cc2Br)n1. The third-order valence-corrected chi connectivity index (χ3v) is 3.03. The fourth-order valence-corrected chi connectivity index (χ4v) is 1.88. The lowest BCUT2D eigenvalue weighted by Crippen LogP contribution is -2.12. The van der Waals surface area contributed by atoms with Crippen molar-refractivity contribution in [3.63, 3.8) is 0 Å². The van der Waals surface area contributed by atoms with Crippen LogP contribution >= 0.6 is 28.1 Å². The maximum absolute atomic E-state index is 12.9. The summed E-state index contributed by atoms with van der Waals surface area (Å²) in [7, 11) is 0. The van der Waals surface area contributed by atoms with Gasteiger partial charge in [-0.15, -0.1) is 5.10 Å². The van der Waals surface area contributed by atoms with E-state index in [2.05, 4.69) is 26.0 Å². The summed E-state index contributed by atoms with van der Waals surface area (Å²) in [6.07, 6.45) is 1.53. The van der Waals surface area contributed by atoms with Crippen LogP contribution in [-0.4, -0.2) is 19.8 Å². The molecule has 0 fully saturated rings. The first-order chi connectivity index (χ1) is 8.06. The summed E-state index contributed by atoms with van der Waals surface area (Å²) in [4.78, 5) is 4.11. The number of nitrogens with two attached hydrogens (primary N) is 1. The average molecular weight is 315 g/mol. The van der Waals surface area contributed by atoms with Crippen molar-refractivity contribution in [2.24, 2.45) is 5.73 Å². The number of thiocarbonyl (C=S) groups is 1. The first-order valence-electron chi connectivity index (χ1n) is 4.69. The summed E-state index contributed by atoms with van der Waals surface area (Å²) in [5, 5.41) is 4.09. The molecule has 0 aliphatic carbocycles. The highest BCUT2D eigenvalue weighted by molar-refractivity contribution is 9.10. The van der Waals surface area contributed by atoms with Gasteiger partial charge in [-0.25, -0.2) is 14.1 Å². The largest absolute Gasteiger partial charge is 0.387 e. The summed E-state index contributed by atoms with van der Waals surface area (Å²) in [5.41, 5.74) is 6.30. The molecule has 0 unspecified atom stereocenters. The Hall–Kier alpha value is -1.34. The topological polar surface area (TPSA) is 56.7 Å². The first kappa shape index (κ1) is 12.1. The van der Waals surface area contributed by atoms with E-state index in [1.165, 1.54) is 18.5 Å². The lowest BCUT2D eigenvalue weighted by molar-refractivity contribution is 0.622. The van der Waals surface area contributed by atoms with E-state index in [0.29, 0.717) is 16.8 Å². The molecule has 17 heavy (non-hydrogen) atoms. The minimum absolute atomic E-state index is 0.155. The quantitative estimate of drug-likeness (QED) is 0.879. The van der Waals surface area contributed by atoms with Crippen LogP contribution in [0.1, 0.15) is 11.4 Å². The van der Waals surface area contributed by atoms with Gasteiger partial charge in [0.2, 0.25) is 5.82 Å². The van der Waals surface area contributed by atoms with Crippen molar-refractivity contribution in [1.82, 2.24) is 14.8 Å². The van der Waals surface area contributed by atoms with E-state index >= 15 is 0 Å². The molecule has 4 nitrogen and oxygen atoms in total. The molecule has 1 aromatic carbocycles.